The van der Waals surface area contributed by atoms with E-state index < -0.39 is 17.9 Å². The van der Waals surface area contributed by atoms with Gasteiger partial charge in [0.2, 0.25) is 0 Å². The largest absolute Gasteiger partial charge is 0.468 e. The Morgan fingerprint density at radius 1 is 1.16 bits per heavy atom. The van der Waals surface area contributed by atoms with Crippen molar-refractivity contribution in [2.24, 2.45) is 11.1 Å². The Kier molecular flexibility index (Phi) is 5.53. The van der Waals surface area contributed by atoms with E-state index in [0.717, 1.165) is 0 Å². The van der Waals surface area contributed by atoms with E-state index >= 15 is 0 Å². The van der Waals surface area contributed by atoms with Crippen molar-refractivity contribution in [2.45, 2.75) is 6.42 Å². The van der Waals surface area contributed by atoms with Crippen LogP contribution in [-0.4, -0.2) is 37.1 Å². The Hall–Kier alpha value is -2.37. The van der Waals surface area contributed by atoms with Crippen molar-refractivity contribution < 1.29 is 24.3 Å². The summed E-state index contributed by atoms with van der Waals surface area (Å²) in [6, 6.07) is 8.73. The fraction of sp³-hybridized carbons (Fsp3) is 0.308. The number of oxime groups is 1. The molecular weight excluding hydrogens is 250 g/mol. The minimum atomic E-state index is -1.15. The van der Waals surface area contributed by atoms with Crippen LogP contribution < -0.4 is 0 Å². The number of nitrogens with zero attached hydrogens (tertiary/aromatic N) is 1. The van der Waals surface area contributed by atoms with E-state index in [1.54, 1.807) is 30.3 Å². The van der Waals surface area contributed by atoms with Crippen molar-refractivity contribution in [3.8, 4) is 0 Å². The first kappa shape index (κ1) is 14.7. The van der Waals surface area contributed by atoms with Gasteiger partial charge in [0.1, 0.15) is 0 Å². The highest BCUT2D eigenvalue weighted by atomic mass is 16.5. The van der Waals surface area contributed by atoms with Crippen molar-refractivity contribution in [3.05, 3.63) is 35.9 Å². The van der Waals surface area contributed by atoms with Gasteiger partial charge in [0.25, 0.3) is 0 Å². The second kappa shape index (κ2) is 7.15. The van der Waals surface area contributed by atoms with Crippen LogP contribution >= 0.6 is 0 Å². The number of hydrogen-bond acceptors (Lipinski definition) is 6. The van der Waals surface area contributed by atoms with Crippen LogP contribution in [0, 0.1) is 5.92 Å². The molecule has 0 heterocycles. The zero-order valence-corrected chi connectivity index (χ0v) is 10.7. The third-order valence-corrected chi connectivity index (χ3v) is 2.60. The maximum atomic E-state index is 11.5. The van der Waals surface area contributed by atoms with Gasteiger partial charge in [-0.05, 0) is 5.56 Å². The molecule has 0 fully saturated rings. The highest BCUT2D eigenvalue weighted by Gasteiger charge is 2.30. The van der Waals surface area contributed by atoms with Crippen molar-refractivity contribution in [3.63, 3.8) is 0 Å². The summed E-state index contributed by atoms with van der Waals surface area (Å²) in [4.78, 5) is 23.1. The third-order valence-electron chi connectivity index (χ3n) is 2.60. The lowest BCUT2D eigenvalue weighted by Gasteiger charge is -2.13. The number of methoxy groups -OCH3 is 2. The maximum Gasteiger partial charge on any atom is 0.320 e. The predicted octanol–water partition coefficient (Wildman–Crippen LogP) is 1.22. The van der Waals surface area contributed by atoms with Crippen molar-refractivity contribution in [2.75, 3.05) is 14.2 Å². The summed E-state index contributed by atoms with van der Waals surface area (Å²) in [6.07, 6.45) is -0.0974. The zero-order chi connectivity index (χ0) is 14.3. The van der Waals surface area contributed by atoms with E-state index in [1.807, 2.05) is 0 Å². The van der Waals surface area contributed by atoms with Gasteiger partial charge >= 0.3 is 11.9 Å². The minimum absolute atomic E-state index is 0.0974. The standard InChI is InChI=1S/C13H15NO5/c1-18-12(15)10(13(16)19-2)8-11(14-17)9-6-4-3-5-7-9/h3-7,10,17H,8H2,1-2H3. The molecule has 0 amide bonds. The fourth-order valence-electron chi connectivity index (χ4n) is 1.59. The Bertz CT molecular complexity index is 453. The molecule has 19 heavy (non-hydrogen) atoms. The Morgan fingerprint density at radius 3 is 2.11 bits per heavy atom. The van der Waals surface area contributed by atoms with E-state index in [0.29, 0.717) is 5.56 Å². The van der Waals surface area contributed by atoms with Gasteiger partial charge < -0.3 is 14.7 Å². The molecule has 0 saturated heterocycles. The Balaban J connectivity index is 2.95. The molecule has 1 rings (SSSR count). The fourth-order valence-corrected chi connectivity index (χ4v) is 1.59. The van der Waals surface area contributed by atoms with Crippen molar-refractivity contribution >= 4 is 17.7 Å². The molecule has 0 aliphatic carbocycles. The average Bonchev–Trinajstić information content (AvgIpc) is 2.48. The second-order valence-corrected chi connectivity index (χ2v) is 3.72. The van der Waals surface area contributed by atoms with Crippen LogP contribution in [0.5, 0.6) is 0 Å². The summed E-state index contributed by atoms with van der Waals surface area (Å²) in [7, 11) is 2.35. The van der Waals surface area contributed by atoms with Gasteiger partial charge in [-0.3, -0.25) is 9.59 Å². The molecule has 0 spiro atoms. The Labute approximate surface area is 110 Å². The van der Waals surface area contributed by atoms with Gasteiger partial charge in [0.05, 0.1) is 19.9 Å². The molecule has 0 aliphatic heterocycles. The lowest BCUT2D eigenvalue weighted by Crippen LogP contribution is -2.29. The van der Waals surface area contributed by atoms with Crippen LogP contribution in [0.1, 0.15) is 12.0 Å². The van der Waals surface area contributed by atoms with Gasteiger partial charge in [0, 0.05) is 6.42 Å². The lowest BCUT2D eigenvalue weighted by molar-refractivity contribution is -0.158. The van der Waals surface area contributed by atoms with Gasteiger partial charge in [-0.2, -0.15) is 0 Å². The van der Waals surface area contributed by atoms with Gasteiger partial charge in [-0.25, -0.2) is 0 Å². The van der Waals surface area contributed by atoms with Gasteiger partial charge in [-0.15, -0.1) is 0 Å². The molecule has 1 N–H and O–H groups in total. The number of ether oxygens (including phenoxy) is 2. The van der Waals surface area contributed by atoms with Crippen LogP contribution in [-0.2, 0) is 19.1 Å². The summed E-state index contributed by atoms with van der Waals surface area (Å²) in [6.45, 7) is 0. The smallest absolute Gasteiger partial charge is 0.320 e. The molecule has 0 radical (unpaired) electrons. The SMILES string of the molecule is COC(=O)C(CC(=NO)c1ccccc1)C(=O)OC. The molecular formula is C13H15NO5. The molecule has 0 aromatic heterocycles. The van der Waals surface area contributed by atoms with Crippen molar-refractivity contribution in [1.82, 2.24) is 0 Å². The summed E-state index contributed by atoms with van der Waals surface area (Å²) in [5.41, 5.74) is 0.823. The summed E-state index contributed by atoms with van der Waals surface area (Å²) in [5, 5.41) is 12.2. The lowest BCUT2D eigenvalue weighted by atomic mass is 9.97. The second-order valence-electron chi connectivity index (χ2n) is 3.72. The molecule has 0 bridgehead atoms. The topological polar surface area (TPSA) is 85.2 Å². The summed E-state index contributed by atoms with van der Waals surface area (Å²) >= 11 is 0. The van der Waals surface area contributed by atoms with Crippen molar-refractivity contribution in [1.29, 1.82) is 0 Å². The quantitative estimate of drug-likeness (QED) is 0.284. The molecule has 6 heteroatoms. The van der Waals surface area contributed by atoms with Crippen LogP contribution in [0.25, 0.3) is 0 Å². The first-order chi connectivity index (χ1) is 9.13. The van der Waals surface area contributed by atoms with Crippen LogP contribution in [0.2, 0.25) is 0 Å². The van der Waals surface area contributed by atoms with E-state index in [4.69, 9.17) is 5.21 Å². The van der Waals surface area contributed by atoms with Crippen LogP contribution in [0.4, 0.5) is 0 Å². The predicted molar refractivity (Wildman–Crippen MR) is 66.9 cm³/mol. The van der Waals surface area contributed by atoms with Crippen LogP contribution in [0.3, 0.4) is 0 Å². The number of carbonyl (C=O) groups is 2. The number of rotatable bonds is 5. The maximum absolute atomic E-state index is 11.5. The molecule has 0 unspecified atom stereocenters. The molecule has 1 aromatic rings. The van der Waals surface area contributed by atoms with Gasteiger partial charge in [0.15, 0.2) is 5.92 Å². The van der Waals surface area contributed by atoms with E-state index in [2.05, 4.69) is 14.6 Å². The highest BCUT2D eigenvalue weighted by Crippen LogP contribution is 2.14. The first-order valence-corrected chi connectivity index (χ1v) is 5.56. The summed E-state index contributed by atoms with van der Waals surface area (Å²) in [5.74, 6) is -2.62. The molecule has 102 valence electrons. The minimum Gasteiger partial charge on any atom is -0.468 e. The zero-order valence-electron chi connectivity index (χ0n) is 10.7. The van der Waals surface area contributed by atoms with E-state index in [1.165, 1.54) is 14.2 Å². The Morgan fingerprint density at radius 2 is 1.68 bits per heavy atom. The molecule has 1 aromatic carbocycles. The molecule has 6 nitrogen and oxygen atoms in total. The average molecular weight is 265 g/mol. The molecule has 0 atom stereocenters. The van der Waals surface area contributed by atoms with Crippen LogP contribution in [0.15, 0.2) is 35.5 Å². The monoisotopic (exact) mass is 265 g/mol. The highest BCUT2D eigenvalue weighted by molar-refractivity contribution is 6.06. The molecule has 0 saturated carbocycles. The first-order valence-electron chi connectivity index (χ1n) is 5.56. The number of carbonyl (C=O) groups excluding carboxylic acids is 2. The van der Waals surface area contributed by atoms with E-state index in [9.17, 15) is 9.59 Å². The number of hydrogen-bond donors (Lipinski definition) is 1. The van der Waals surface area contributed by atoms with Gasteiger partial charge in [-0.1, -0.05) is 35.5 Å². The third kappa shape index (κ3) is 3.80. The van der Waals surface area contributed by atoms with E-state index in [-0.39, 0.29) is 12.1 Å². The number of esters is 2. The molecule has 0 aliphatic rings. The normalized spacial score (nSPS) is 11.2. The number of benzene rings is 1. The summed E-state index contributed by atoms with van der Waals surface area (Å²) < 4.78 is 9.08.